The summed E-state index contributed by atoms with van der Waals surface area (Å²) in [5, 5.41) is 8.83. The third-order valence-electron chi connectivity index (χ3n) is 2.80. The number of methoxy groups -OCH3 is 1. The first-order valence-electron chi connectivity index (χ1n) is 5.51. The summed E-state index contributed by atoms with van der Waals surface area (Å²) in [6.45, 7) is 0.530. The summed E-state index contributed by atoms with van der Waals surface area (Å²) < 4.78 is 15.8. The van der Waals surface area contributed by atoms with E-state index in [2.05, 4.69) is 0 Å². The van der Waals surface area contributed by atoms with Gasteiger partial charge in [0.15, 0.2) is 6.79 Å². The van der Waals surface area contributed by atoms with Crippen molar-refractivity contribution in [2.24, 2.45) is 5.73 Å². The van der Waals surface area contributed by atoms with Crippen molar-refractivity contribution in [3.8, 4) is 11.5 Å². The van der Waals surface area contributed by atoms with Gasteiger partial charge in [-0.15, -0.1) is 0 Å². The summed E-state index contributed by atoms with van der Waals surface area (Å²) in [5.41, 5.74) is 7.32. The summed E-state index contributed by atoms with van der Waals surface area (Å²) in [6.07, 6.45) is -0.174. The number of nitrogens with two attached hydrogens (primary N) is 1. The maximum atomic E-state index is 10.8. The highest BCUT2D eigenvalue weighted by molar-refractivity contribution is 5.68. The largest absolute Gasteiger partial charge is 0.496 e. The molecule has 1 atom stereocenters. The maximum Gasteiger partial charge on any atom is 0.305 e. The predicted octanol–water partition coefficient (Wildman–Crippen LogP) is 1.04. The topological polar surface area (TPSA) is 91.0 Å². The van der Waals surface area contributed by atoms with Gasteiger partial charge < -0.3 is 25.1 Å². The van der Waals surface area contributed by atoms with Gasteiger partial charge in [0.2, 0.25) is 0 Å². The molecule has 6 nitrogen and oxygen atoms in total. The van der Waals surface area contributed by atoms with Crippen LogP contribution in [0.5, 0.6) is 11.5 Å². The monoisotopic (exact) mass is 253 g/mol. The molecule has 18 heavy (non-hydrogen) atoms. The first-order valence-corrected chi connectivity index (χ1v) is 5.51. The number of fused-ring (bicyclic) bond motifs is 1. The minimum atomic E-state index is -0.959. The number of carboxylic acids is 1. The van der Waals surface area contributed by atoms with Crippen LogP contribution in [0.25, 0.3) is 0 Å². The van der Waals surface area contributed by atoms with E-state index >= 15 is 0 Å². The van der Waals surface area contributed by atoms with Gasteiger partial charge in [-0.25, -0.2) is 0 Å². The maximum absolute atomic E-state index is 10.8. The van der Waals surface area contributed by atoms with E-state index in [4.69, 9.17) is 25.1 Å². The summed E-state index contributed by atoms with van der Waals surface area (Å²) in [5.74, 6) is 0.259. The molecule has 1 aliphatic rings. The number of hydrogen-bond acceptors (Lipinski definition) is 5. The Morgan fingerprint density at radius 1 is 1.61 bits per heavy atom. The SMILES string of the molecule is COc1ccc2c(c1C(N)CC(=O)O)COCO2. The normalized spacial score (nSPS) is 15.4. The Labute approximate surface area is 104 Å². The fraction of sp³-hybridized carbons (Fsp3) is 0.417. The molecule has 0 aliphatic carbocycles. The predicted molar refractivity (Wildman–Crippen MR) is 62.5 cm³/mol. The first kappa shape index (κ1) is 12.7. The van der Waals surface area contributed by atoms with Crippen molar-refractivity contribution in [1.29, 1.82) is 0 Å². The average Bonchev–Trinajstić information content (AvgIpc) is 2.36. The number of rotatable bonds is 4. The third-order valence-corrected chi connectivity index (χ3v) is 2.80. The van der Waals surface area contributed by atoms with Crippen molar-refractivity contribution in [3.05, 3.63) is 23.3 Å². The quantitative estimate of drug-likeness (QED) is 0.833. The molecule has 0 amide bonds. The summed E-state index contributed by atoms with van der Waals surface area (Å²) in [7, 11) is 1.52. The highest BCUT2D eigenvalue weighted by Gasteiger charge is 2.24. The zero-order chi connectivity index (χ0) is 13.1. The molecule has 1 aliphatic heterocycles. The highest BCUT2D eigenvalue weighted by Crippen LogP contribution is 2.37. The lowest BCUT2D eigenvalue weighted by Crippen LogP contribution is -2.21. The van der Waals surface area contributed by atoms with Gasteiger partial charge in [-0.1, -0.05) is 0 Å². The van der Waals surface area contributed by atoms with Gasteiger partial charge in [-0.3, -0.25) is 4.79 Å². The van der Waals surface area contributed by atoms with E-state index in [1.165, 1.54) is 7.11 Å². The molecule has 0 saturated carbocycles. The molecule has 0 spiro atoms. The lowest BCUT2D eigenvalue weighted by Gasteiger charge is -2.24. The molecular formula is C12H15NO5. The molecule has 1 aromatic carbocycles. The van der Waals surface area contributed by atoms with Crippen molar-refractivity contribution in [3.63, 3.8) is 0 Å². The number of ether oxygens (including phenoxy) is 3. The molecule has 0 aromatic heterocycles. The van der Waals surface area contributed by atoms with E-state index in [0.29, 0.717) is 23.7 Å². The number of aliphatic carboxylic acids is 1. The van der Waals surface area contributed by atoms with Crippen LogP contribution in [0.1, 0.15) is 23.6 Å². The molecule has 0 saturated heterocycles. The summed E-state index contributed by atoms with van der Waals surface area (Å²) in [6, 6.07) is 2.84. The second-order valence-electron chi connectivity index (χ2n) is 3.97. The fourth-order valence-corrected chi connectivity index (χ4v) is 2.03. The fourth-order valence-electron chi connectivity index (χ4n) is 2.03. The minimum Gasteiger partial charge on any atom is -0.496 e. The van der Waals surface area contributed by atoms with Crippen molar-refractivity contribution in [2.75, 3.05) is 13.9 Å². The van der Waals surface area contributed by atoms with Crippen LogP contribution in [-0.2, 0) is 16.1 Å². The Morgan fingerprint density at radius 3 is 3.06 bits per heavy atom. The zero-order valence-corrected chi connectivity index (χ0v) is 10.0. The molecule has 3 N–H and O–H groups in total. The third kappa shape index (κ3) is 2.39. The first-order chi connectivity index (χ1) is 8.63. The van der Waals surface area contributed by atoms with Gasteiger partial charge in [0.1, 0.15) is 11.5 Å². The van der Waals surface area contributed by atoms with Crippen molar-refractivity contribution >= 4 is 5.97 Å². The van der Waals surface area contributed by atoms with E-state index in [9.17, 15) is 4.79 Å². The van der Waals surface area contributed by atoms with Crippen molar-refractivity contribution in [1.82, 2.24) is 0 Å². The Balaban J connectivity index is 2.44. The standard InChI is InChI=1S/C12H15NO5/c1-16-10-3-2-9-7(5-17-6-18-9)12(10)8(13)4-11(14)15/h2-3,8H,4-6,13H2,1H3,(H,14,15). The average molecular weight is 253 g/mol. The lowest BCUT2D eigenvalue weighted by atomic mass is 9.96. The number of carboxylic acid groups (broad SMARTS) is 1. The Bertz CT molecular complexity index is 460. The van der Waals surface area contributed by atoms with E-state index in [1.807, 2.05) is 0 Å². The second kappa shape index (κ2) is 5.24. The van der Waals surface area contributed by atoms with Crippen LogP contribution in [0.15, 0.2) is 12.1 Å². The number of hydrogen-bond donors (Lipinski definition) is 2. The van der Waals surface area contributed by atoms with Crippen LogP contribution < -0.4 is 15.2 Å². The molecule has 0 radical (unpaired) electrons. The minimum absolute atomic E-state index is 0.174. The van der Waals surface area contributed by atoms with E-state index in [0.717, 1.165) is 5.56 Å². The van der Waals surface area contributed by atoms with Gasteiger partial charge in [-0.05, 0) is 12.1 Å². The van der Waals surface area contributed by atoms with Gasteiger partial charge in [0.05, 0.1) is 20.1 Å². The van der Waals surface area contributed by atoms with Gasteiger partial charge in [0, 0.05) is 17.2 Å². The van der Waals surface area contributed by atoms with Crippen LogP contribution in [0.4, 0.5) is 0 Å². The zero-order valence-electron chi connectivity index (χ0n) is 10.0. The molecule has 6 heteroatoms. The van der Waals surface area contributed by atoms with Crippen LogP contribution in [0.2, 0.25) is 0 Å². The summed E-state index contributed by atoms with van der Waals surface area (Å²) >= 11 is 0. The summed E-state index contributed by atoms with van der Waals surface area (Å²) in [4.78, 5) is 10.8. The lowest BCUT2D eigenvalue weighted by molar-refractivity contribution is -0.137. The van der Waals surface area contributed by atoms with Crippen molar-refractivity contribution in [2.45, 2.75) is 19.1 Å². The van der Waals surface area contributed by atoms with Crippen LogP contribution in [-0.4, -0.2) is 25.0 Å². The molecule has 0 bridgehead atoms. The van der Waals surface area contributed by atoms with E-state index in [-0.39, 0.29) is 13.2 Å². The van der Waals surface area contributed by atoms with Crippen LogP contribution in [0, 0.1) is 0 Å². The molecular weight excluding hydrogens is 238 g/mol. The smallest absolute Gasteiger partial charge is 0.305 e. The molecule has 98 valence electrons. The van der Waals surface area contributed by atoms with Gasteiger partial charge in [0.25, 0.3) is 0 Å². The van der Waals surface area contributed by atoms with Crippen LogP contribution in [0.3, 0.4) is 0 Å². The molecule has 1 heterocycles. The molecule has 1 unspecified atom stereocenters. The number of benzene rings is 1. The second-order valence-corrected chi connectivity index (χ2v) is 3.97. The number of carbonyl (C=O) groups is 1. The van der Waals surface area contributed by atoms with Gasteiger partial charge >= 0.3 is 5.97 Å². The Kier molecular flexibility index (Phi) is 3.69. The van der Waals surface area contributed by atoms with Crippen molar-refractivity contribution < 1.29 is 24.1 Å². The molecule has 0 fully saturated rings. The van der Waals surface area contributed by atoms with E-state index in [1.54, 1.807) is 12.1 Å². The molecule has 1 aromatic rings. The van der Waals surface area contributed by atoms with Gasteiger partial charge in [-0.2, -0.15) is 0 Å². The Hall–Kier alpha value is -1.79. The molecule has 2 rings (SSSR count). The highest BCUT2D eigenvalue weighted by atomic mass is 16.7. The van der Waals surface area contributed by atoms with E-state index < -0.39 is 12.0 Å². The van der Waals surface area contributed by atoms with Crippen LogP contribution >= 0.6 is 0 Å². The Morgan fingerprint density at radius 2 is 2.39 bits per heavy atom.